The van der Waals surface area contributed by atoms with Gasteiger partial charge in [0, 0.05) is 12.1 Å². The van der Waals surface area contributed by atoms with Gasteiger partial charge < -0.3 is 10.4 Å². The summed E-state index contributed by atoms with van der Waals surface area (Å²) >= 11 is 0. The van der Waals surface area contributed by atoms with Gasteiger partial charge in [-0.3, -0.25) is 4.79 Å². The van der Waals surface area contributed by atoms with Crippen LogP contribution in [0.15, 0.2) is 24.3 Å². The van der Waals surface area contributed by atoms with Gasteiger partial charge in [-0.2, -0.15) is 5.26 Å². The van der Waals surface area contributed by atoms with Gasteiger partial charge in [0.1, 0.15) is 0 Å². The van der Waals surface area contributed by atoms with E-state index in [0.717, 1.165) is 0 Å². The van der Waals surface area contributed by atoms with Crippen molar-refractivity contribution >= 4 is 5.91 Å². The van der Waals surface area contributed by atoms with Gasteiger partial charge in [-0.05, 0) is 30.0 Å². The topological polar surface area (TPSA) is 73.1 Å². The van der Waals surface area contributed by atoms with E-state index in [4.69, 9.17) is 5.26 Å². The van der Waals surface area contributed by atoms with Crippen molar-refractivity contribution in [1.82, 2.24) is 5.32 Å². The lowest BCUT2D eigenvalue weighted by Gasteiger charge is -2.25. The van der Waals surface area contributed by atoms with Crippen molar-refractivity contribution in [3.63, 3.8) is 0 Å². The van der Waals surface area contributed by atoms with Gasteiger partial charge in [0.2, 0.25) is 0 Å². The number of nitrogens with zero attached hydrogens (tertiary/aromatic N) is 1. The SMILES string of the molecule is CC(C)(C)C(O)CCNC(=O)c1cccc(C#N)c1. The zero-order valence-corrected chi connectivity index (χ0v) is 11.6. The molecule has 0 aliphatic rings. The Bertz CT molecular complexity index is 484. The van der Waals surface area contributed by atoms with Crippen LogP contribution in [-0.2, 0) is 0 Å². The van der Waals surface area contributed by atoms with Gasteiger partial charge in [0.25, 0.3) is 5.91 Å². The number of hydrogen-bond donors (Lipinski definition) is 2. The van der Waals surface area contributed by atoms with Crippen molar-refractivity contribution in [2.75, 3.05) is 6.54 Å². The first-order valence-electron chi connectivity index (χ1n) is 6.31. The van der Waals surface area contributed by atoms with Crippen LogP contribution in [0.5, 0.6) is 0 Å². The van der Waals surface area contributed by atoms with Gasteiger partial charge in [-0.15, -0.1) is 0 Å². The Morgan fingerprint density at radius 3 is 2.74 bits per heavy atom. The monoisotopic (exact) mass is 260 g/mol. The van der Waals surface area contributed by atoms with Crippen LogP contribution in [0.1, 0.15) is 43.1 Å². The molecule has 0 bridgehead atoms. The van der Waals surface area contributed by atoms with Gasteiger partial charge in [0.15, 0.2) is 0 Å². The van der Waals surface area contributed by atoms with Crippen LogP contribution in [-0.4, -0.2) is 23.7 Å². The summed E-state index contributed by atoms with van der Waals surface area (Å²) in [7, 11) is 0. The van der Waals surface area contributed by atoms with Crippen molar-refractivity contribution in [2.24, 2.45) is 5.41 Å². The molecule has 1 aromatic rings. The molecule has 0 aromatic heterocycles. The number of carbonyl (C=O) groups excluding carboxylic acids is 1. The Labute approximate surface area is 114 Å². The van der Waals surface area contributed by atoms with Gasteiger partial charge >= 0.3 is 0 Å². The lowest BCUT2D eigenvalue weighted by Crippen LogP contribution is -2.32. The molecule has 0 saturated carbocycles. The molecule has 1 amide bonds. The summed E-state index contributed by atoms with van der Waals surface area (Å²) in [6.45, 7) is 6.27. The first kappa shape index (κ1) is 15.2. The summed E-state index contributed by atoms with van der Waals surface area (Å²) in [5.74, 6) is -0.224. The van der Waals surface area contributed by atoms with Crippen LogP contribution >= 0.6 is 0 Å². The second-order valence-electron chi connectivity index (χ2n) is 5.62. The first-order valence-corrected chi connectivity index (χ1v) is 6.31. The Balaban J connectivity index is 2.50. The molecule has 4 nitrogen and oxygen atoms in total. The molecule has 0 radical (unpaired) electrons. The largest absolute Gasteiger partial charge is 0.393 e. The lowest BCUT2D eigenvalue weighted by atomic mass is 9.87. The summed E-state index contributed by atoms with van der Waals surface area (Å²) in [4.78, 5) is 11.8. The van der Waals surface area contributed by atoms with E-state index >= 15 is 0 Å². The van der Waals surface area contributed by atoms with E-state index in [1.54, 1.807) is 24.3 Å². The van der Waals surface area contributed by atoms with Crippen molar-refractivity contribution in [1.29, 1.82) is 5.26 Å². The molecule has 4 heteroatoms. The summed E-state index contributed by atoms with van der Waals surface area (Å²) in [5, 5.41) is 21.4. The van der Waals surface area contributed by atoms with Gasteiger partial charge in [-0.25, -0.2) is 0 Å². The molecular weight excluding hydrogens is 240 g/mol. The molecule has 102 valence electrons. The molecule has 0 heterocycles. The van der Waals surface area contributed by atoms with E-state index in [1.165, 1.54) is 0 Å². The fourth-order valence-electron chi connectivity index (χ4n) is 1.59. The van der Waals surface area contributed by atoms with Crippen LogP contribution in [0.3, 0.4) is 0 Å². The number of nitrogens with one attached hydrogen (secondary N) is 1. The summed E-state index contributed by atoms with van der Waals surface area (Å²) in [6, 6.07) is 8.54. The molecule has 19 heavy (non-hydrogen) atoms. The van der Waals surface area contributed by atoms with Crippen LogP contribution < -0.4 is 5.32 Å². The van der Waals surface area contributed by atoms with E-state index in [9.17, 15) is 9.90 Å². The number of carbonyl (C=O) groups is 1. The van der Waals surface area contributed by atoms with E-state index in [-0.39, 0.29) is 11.3 Å². The molecular formula is C15H20N2O2. The lowest BCUT2D eigenvalue weighted by molar-refractivity contribution is 0.0551. The number of hydrogen-bond acceptors (Lipinski definition) is 3. The quantitative estimate of drug-likeness (QED) is 0.870. The van der Waals surface area contributed by atoms with Gasteiger partial charge in [0.05, 0.1) is 17.7 Å². The maximum atomic E-state index is 11.8. The number of amides is 1. The molecule has 1 atom stereocenters. The minimum Gasteiger partial charge on any atom is -0.393 e. The fourth-order valence-corrected chi connectivity index (χ4v) is 1.59. The predicted octanol–water partition coefficient (Wildman–Crippen LogP) is 2.09. The number of nitriles is 1. The highest BCUT2D eigenvalue weighted by Crippen LogP contribution is 2.20. The molecule has 2 N–H and O–H groups in total. The summed E-state index contributed by atoms with van der Waals surface area (Å²) in [5.41, 5.74) is 0.734. The summed E-state index contributed by atoms with van der Waals surface area (Å²) < 4.78 is 0. The molecule has 0 spiro atoms. The molecule has 1 aromatic carbocycles. The van der Waals surface area contributed by atoms with Crippen molar-refractivity contribution < 1.29 is 9.90 Å². The average Bonchev–Trinajstić information content (AvgIpc) is 2.37. The Morgan fingerprint density at radius 1 is 1.47 bits per heavy atom. The highest BCUT2D eigenvalue weighted by atomic mass is 16.3. The summed E-state index contributed by atoms with van der Waals surface area (Å²) in [6.07, 6.45) is 0.0472. The number of aliphatic hydroxyl groups excluding tert-OH is 1. The number of benzene rings is 1. The van der Waals surface area contributed by atoms with Crippen LogP contribution in [0.25, 0.3) is 0 Å². The smallest absolute Gasteiger partial charge is 0.251 e. The fraction of sp³-hybridized carbons (Fsp3) is 0.467. The van der Waals surface area contributed by atoms with Crippen molar-refractivity contribution in [3.05, 3.63) is 35.4 Å². The third-order valence-corrected chi connectivity index (χ3v) is 2.96. The Morgan fingerprint density at radius 2 is 2.16 bits per heavy atom. The van der Waals surface area contributed by atoms with Crippen LogP contribution in [0, 0.1) is 16.7 Å². The van der Waals surface area contributed by atoms with E-state index < -0.39 is 6.10 Å². The second kappa shape index (κ2) is 6.35. The first-order chi connectivity index (χ1) is 8.84. The third-order valence-electron chi connectivity index (χ3n) is 2.96. The average molecular weight is 260 g/mol. The number of aliphatic hydroxyl groups is 1. The minimum atomic E-state index is -0.460. The number of rotatable bonds is 4. The Kier molecular flexibility index (Phi) is 5.08. The highest BCUT2D eigenvalue weighted by molar-refractivity contribution is 5.94. The zero-order valence-electron chi connectivity index (χ0n) is 11.6. The molecule has 0 aliphatic heterocycles. The molecule has 1 unspecified atom stereocenters. The highest BCUT2D eigenvalue weighted by Gasteiger charge is 2.21. The minimum absolute atomic E-state index is 0.189. The molecule has 0 fully saturated rings. The molecule has 1 rings (SSSR count). The van der Waals surface area contributed by atoms with E-state index in [2.05, 4.69) is 5.32 Å². The van der Waals surface area contributed by atoms with E-state index in [0.29, 0.717) is 24.1 Å². The molecule has 0 saturated heterocycles. The van der Waals surface area contributed by atoms with Crippen molar-refractivity contribution in [3.8, 4) is 6.07 Å². The van der Waals surface area contributed by atoms with Crippen LogP contribution in [0.4, 0.5) is 0 Å². The normalized spacial score (nSPS) is 12.6. The maximum absolute atomic E-state index is 11.8. The predicted molar refractivity (Wildman–Crippen MR) is 73.6 cm³/mol. The van der Waals surface area contributed by atoms with E-state index in [1.807, 2.05) is 26.8 Å². The van der Waals surface area contributed by atoms with Gasteiger partial charge in [-0.1, -0.05) is 26.8 Å². The second-order valence-corrected chi connectivity index (χ2v) is 5.62. The maximum Gasteiger partial charge on any atom is 0.251 e. The third kappa shape index (κ3) is 4.72. The van der Waals surface area contributed by atoms with Crippen LogP contribution in [0.2, 0.25) is 0 Å². The molecule has 0 aliphatic carbocycles. The zero-order chi connectivity index (χ0) is 14.5. The Hall–Kier alpha value is -1.86. The van der Waals surface area contributed by atoms with Crippen molar-refractivity contribution in [2.45, 2.75) is 33.3 Å². The standard InChI is InChI=1S/C15H20N2O2/c1-15(2,3)13(18)7-8-17-14(19)12-6-4-5-11(9-12)10-16/h4-6,9,13,18H,7-8H2,1-3H3,(H,17,19).